The summed E-state index contributed by atoms with van der Waals surface area (Å²) >= 11 is 1.50. The predicted octanol–water partition coefficient (Wildman–Crippen LogP) is 4.31. The molecule has 0 spiro atoms. The molecule has 0 aliphatic heterocycles. The lowest BCUT2D eigenvalue weighted by molar-refractivity contribution is 0.167. The molecule has 0 saturated heterocycles. The van der Waals surface area contributed by atoms with Crippen LogP contribution in [-0.2, 0) is 16.4 Å². The standard InChI is InChI=1S/C24H30N3O3S2/c1-18(2)15-27(16-21(28)12-9-19-7-5-4-6-8-19)32(29,30)22-13-10-20(11-14-22)23-17-31-24(25-3)26-23/h4-8,10-14,17-18,21,28H,9,15-16H2,1-3H3,(H,25,26). The first-order valence-corrected chi connectivity index (χ1v) is 12.9. The SMILES string of the molecule is CNc1nc(-c2ccc(S(=O)(=O)N(CC(C)C)CC(O)[CH]Cc3ccccc3)cc2)cs1. The molecule has 1 radical (unpaired) electrons. The van der Waals surface area contributed by atoms with Gasteiger partial charge >= 0.3 is 0 Å². The van der Waals surface area contributed by atoms with E-state index in [2.05, 4.69) is 10.3 Å². The molecule has 3 rings (SSSR count). The monoisotopic (exact) mass is 472 g/mol. The molecule has 2 N–H and O–H groups in total. The van der Waals surface area contributed by atoms with Crippen molar-refractivity contribution in [2.24, 2.45) is 5.92 Å². The number of aliphatic hydroxyl groups is 1. The van der Waals surface area contributed by atoms with E-state index in [4.69, 9.17) is 0 Å². The summed E-state index contributed by atoms with van der Waals surface area (Å²) in [6.45, 7) is 4.28. The van der Waals surface area contributed by atoms with Crippen LogP contribution in [0, 0.1) is 12.3 Å². The number of aliphatic hydroxyl groups excluding tert-OH is 1. The van der Waals surface area contributed by atoms with E-state index in [1.54, 1.807) is 30.7 Å². The maximum absolute atomic E-state index is 13.4. The third-order valence-corrected chi connectivity index (χ3v) is 7.64. The van der Waals surface area contributed by atoms with Crippen LogP contribution in [0.5, 0.6) is 0 Å². The van der Waals surface area contributed by atoms with Gasteiger partial charge in [0.25, 0.3) is 0 Å². The number of nitrogens with zero attached hydrogens (tertiary/aromatic N) is 2. The summed E-state index contributed by atoms with van der Waals surface area (Å²) in [5, 5.41) is 16.3. The fourth-order valence-corrected chi connectivity index (χ4v) is 5.62. The van der Waals surface area contributed by atoms with Crippen LogP contribution < -0.4 is 5.32 Å². The molecular weight excluding hydrogens is 442 g/mol. The molecule has 171 valence electrons. The molecular formula is C24H30N3O3S2. The fourth-order valence-electron chi connectivity index (χ4n) is 3.32. The molecule has 1 heterocycles. The molecule has 0 aliphatic rings. The first-order valence-electron chi connectivity index (χ1n) is 10.6. The van der Waals surface area contributed by atoms with Gasteiger partial charge in [-0.2, -0.15) is 4.31 Å². The molecule has 2 aromatic carbocycles. The molecule has 0 fully saturated rings. The number of sulfonamides is 1. The number of hydrogen-bond acceptors (Lipinski definition) is 6. The Morgan fingerprint density at radius 2 is 1.78 bits per heavy atom. The third kappa shape index (κ3) is 6.38. The van der Waals surface area contributed by atoms with Gasteiger partial charge in [0.2, 0.25) is 10.0 Å². The Kier molecular flexibility index (Phi) is 8.42. The summed E-state index contributed by atoms with van der Waals surface area (Å²) < 4.78 is 28.1. The second kappa shape index (κ2) is 11.0. The highest BCUT2D eigenvalue weighted by Crippen LogP contribution is 2.27. The van der Waals surface area contributed by atoms with Crippen LogP contribution in [0.1, 0.15) is 19.4 Å². The Bertz CT molecular complexity index is 1080. The van der Waals surface area contributed by atoms with Crippen molar-refractivity contribution in [3.05, 3.63) is 72.0 Å². The first kappa shape index (κ1) is 24.4. The molecule has 1 aromatic heterocycles. The number of aromatic nitrogens is 1. The minimum atomic E-state index is -3.75. The number of benzene rings is 2. The molecule has 0 aliphatic carbocycles. The minimum Gasteiger partial charge on any atom is -0.391 e. The van der Waals surface area contributed by atoms with Gasteiger partial charge in [-0.1, -0.05) is 56.3 Å². The molecule has 8 heteroatoms. The average molecular weight is 473 g/mol. The highest BCUT2D eigenvalue weighted by atomic mass is 32.2. The van der Waals surface area contributed by atoms with Gasteiger partial charge in [-0.15, -0.1) is 11.3 Å². The second-order valence-electron chi connectivity index (χ2n) is 8.02. The summed E-state index contributed by atoms with van der Waals surface area (Å²) in [6.07, 6.45) is 1.47. The van der Waals surface area contributed by atoms with Crippen molar-refractivity contribution >= 4 is 26.5 Å². The highest BCUT2D eigenvalue weighted by molar-refractivity contribution is 7.89. The number of rotatable bonds is 11. The van der Waals surface area contributed by atoms with E-state index in [1.165, 1.54) is 15.6 Å². The number of thiazole rings is 1. The van der Waals surface area contributed by atoms with Crippen LogP contribution in [0.4, 0.5) is 5.13 Å². The van der Waals surface area contributed by atoms with Gasteiger partial charge < -0.3 is 10.4 Å². The molecule has 6 nitrogen and oxygen atoms in total. The van der Waals surface area contributed by atoms with Crippen LogP contribution in [-0.4, -0.2) is 49.1 Å². The Labute approximate surface area is 195 Å². The zero-order valence-corrected chi connectivity index (χ0v) is 20.2. The Morgan fingerprint density at radius 1 is 1.09 bits per heavy atom. The van der Waals surface area contributed by atoms with E-state index in [0.29, 0.717) is 13.0 Å². The molecule has 0 amide bonds. The van der Waals surface area contributed by atoms with Crippen LogP contribution in [0.3, 0.4) is 0 Å². The zero-order chi connectivity index (χ0) is 23.1. The quantitative estimate of drug-likeness (QED) is 0.435. The lowest BCUT2D eigenvalue weighted by atomic mass is 10.1. The predicted molar refractivity (Wildman–Crippen MR) is 131 cm³/mol. The summed E-state index contributed by atoms with van der Waals surface area (Å²) in [5.41, 5.74) is 2.73. The van der Waals surface area contributed by atoms with Gasteiger partial charge in [0.15, 0.2) is 5.13 Å². The van der Waals surface area contributed by atoms with E-state index in [0.717, 1.165) is 22.0 Å². The van der Waals surface area contributed by atoms with E-state index in [-0.39, 0.29) is 17.4 Å². The first-order chi connectivity index (χ1) is 15.3. The minimum absolute atomic E-state index is 0.0205. The van der Waals surface area contributed by atoms with Gasteiger partial charge in [0.05, 0.1) is 16.7 Å². The molecule has 1 unspecified atom stereocenters. The van der Waals surface area contributed by atoms with Gasteiger partial charge in [-0.3, -0.25) is 0 Å². The van der Waals surface area contributed by atoms with Crippen molar-refractivity contribution in [2.75, 3.05) is 25.5 Å². The normalized spacial score (nSPS) is 12.9. The Balaban J connectivity index is 1.73. The van der Waals surface area contributed by atoms with Gasteiger partial charge in [0, 0.05) is 31.1 Å². The van der Waals surface area contributed by atoms with Gasteiger partial charge in [-0.25, -0.2) is 13.4 Å². The topological polar surface area (TPSA) is 82.5 Å². The van der Waals surface area contributed by atoms with Crippen molar-refractivity contribution in [3.63, 3.8) is 0 Å². The van der Waals surface area contributed by atoms with Crippen LogP contribution in [0.2, 0.25) is 0 Å². The average Bonchev–Trinajstić information content (AvgIpc) is 3.27. The maximum atomic E-state index is 13.4. The Morgan fingerprint density at radius 3 is 2.38 bits per heavy atom. The fraction of sp³-hybridized carbons (Fsp3) is 0.333. The van der Waals surface area contributed by atoms with E-state index in [9.17, 15) is 13.5 Å². The van der Waals surface area contributed by atoms with E-state index in [1.807, 2.05) is 56.6 Å². The summed E-state index contributed by atoms with van der Waals surface area (Å²) in [5.74, 6) is 0.125. The van der Waals surface area contributed by atoms with E-state index >= 15 is 0 Å². The van der Waals surface area contributed by atoms with Crippen LogP contribution in [0.15, 0.2) is 64.9 Å². The smallest absolute Gasteiger partial charge is 0.243 e. The van der Waals surface area contributed by atoms with Crippen molar-refractivity contribution < 1.29 is 13.5 Å². The van der Waals surface area contributed by atoms with Gasteiger partial charge in [-0.05, 0) is 36.5 Å². The molecule has 0 saturated carbocycles. The summed E-state index contributed by atoms with van der Waals surface area (Å²) in [6, 6.07) is 16.5. The van der Waals surface area contributed by atoms with Crippen LogP contribution >= 0.6 is 11.3 Å². The third-order valence-electron chi connectivity index (χ3n) is 4.93. The summed E-state index contributed by atoms with van der Waals surface area (Å²) in [7, 11) is -1.94. The lowest BCUT2D eigenvalue weighted by Gasteiger charge is -2.26. The number of anilines is 1. The van der Waals surface area contributed by atoms with Crippen molar-refractivity contribution in [3.8, 4) is 11.3 Å². The Hall–Kier alpha value is -2.26. The van der Waals surface area contributed by atoms with Gasteiger partial charge in [0.1, 0.15) is 0 Å². The lowest BCUT2D eigenvalue weighted by Crippen LogP contribution is -2.40. The molecule has 3 aromatic rings. The number of nitrogens with one attached hydrogen (secondary N) is 1. The van der Waals surface area contributed by atoms with Crippen LogP contribution in [0.25, 0.3) is 11.3 Å². The molecule has 32 heavy (non-hydrogen) atoms. The van der Waals surface area contributed by atoms with Crippen molar-refractivity contribution in [1.82, 2.24) is 9.29 Å². The number of hydrogen-bond donors (Lipinski definition) is 2. The van der Waals surface area contributed by atoms with E-state index < -0.39 is 16.1 Å². The van der Waals surface area contributed by atoms with Crippen molar-refractivity contribution in [2.45, 2.75) is 31.3 Å². The largest absolute Gasteiger partial charge is 0.391 e. The molecule has 0 bridgehead atoms. The maximum Gasteiger partial charge on any atom is 0.243 e. The summed E-state index contributed by atoms with van der Waals surface area (Å²) in [4.78, 5) is 4.67. The zero-order valence-electron chi connectivity index (χ0n) is 18.6. The molecule has 1 atom stereocenters. The second-order valence-corrected chi connectivity index (χ2v) is 10.8. The highest BCUT2D eigenvalue weighted by Gasteiger charge is 2.27. The van der Waals surface area contributed by atoms with Crippen molar-refractivity contribution in [1.29, 1.82) is 0 Å².